The van der Waals surface area contributed by atoms with E-state index < -0.39 is 6.43 Å². The molecule has 1 aliphatic carbocycles. The summed E-state index contributed by atoms with van der Waals surface area (Å²) in [4.78, 5) is 14.8. The number of hydrogen-bond donors (Lipinski definition) is 1. The van der Waals surface area contributed by atoms with Crippen LogP contribution in [0.1, 0.15) is 57.6 Å². The van der Waals surface area contributed by atoms with E-state index in [1.807, 2.05) is 26.8 Å². The predicted molar refractivity (Wildman–Crippen MR) is 99.9 cm³/mol. The molecule has 25 heavy (non-hydrogen) atoms. The van der Waals surface area contributed by atoms with Crippen molar-refractivity contribution in [3.05, 3.63) is 40.3 Å². The predicted octanol–water partition coefficient (Wildman–Crippen LogP) is 5.49. The third-order valence-electron chi connectivity index (χ3n) is 3.76. The SMILES string of the molecule is CC.CC(=O)/C=C(\N)CCc1cc(Cl)ncc1C.FC(F)C1CCC1. The molecular weight excluding hydrogens is 346 g/mol. The summed E-state index contributed by atoms with van der Waals surface area (Å²) in [5.74, 6) is -0.276. The topological polar surface area (TPSA) is 56.0 Å². The van der Waals surface area contributed by atoms with E-state index in [2.05, 4.69) is 4.98 Å². The molecule has 0 radical (unpaired) electrons. The van der Waals surface area contributed by atoms with E-state index in [1.165, 1.54) is 13.0 Å². The number of allylic oxidation sites excluding steroid dienone is 2. The fourth-order valence-corrected chi connectivity index (χ4v) is 2.29. The minimum atomic E-state index is -2.05. The van der Waals surface area contributed by atoms with E-state index in [9.17, 15) is 13.6 Å². The van der Waals surface area contributed by atoms with Gasteiger partial charge in [-0.1, -0.05) is 31.9 Å². The van der Waals surface area contributed by atoms with Crippen LogP contribution in [0.2, 0.25) is 5.15 Å². The molecule has 1 aromatic heterocycles. The van der Waals surface area contributed by atoms with Gasteiger partial charge in [0.15, 0.2) is 5.78 Å². The number of rotatable bonds is 5. The minimum Gasteiger partial charge on any atom is -0.402 e. The van der Waals surface area contributed by atoms with Gasteiger partial charge in [0.2, 0.25) is 6.43 Å². The summed E-state index contributed by atoms with van der Waals surface area (Å²) < 4.78 is 23.0. The smallest absolute Gasteiger partial charge is 0.241 e. The van der Waals surface area contributed by atoms with Crippen molar-refractivity contribution in [3.8, 4) is 0 Å². The van der Waals surface area contributed by atoms with Crippen LogP contribution in [0.5, 0.6) is 0 Å². The van der Waals surface area contributed by atoms with Gasteiger partial charge in [0.05, 0.1) is 0 Å². The van der Waals surface area contributed by atoms with Crippen molar-refractivity contribution in [2.45, 2.75) is 66.2 Å². The molecule has 0 unspecified atom stereocenters. The highest BCUT2D eigenvalue weighted by Gasteiger charge is 2.26. The molecule has 1 saturated carbocycles. The number of nitrogens with zero attached hydrogens (tertiary/aromatic N) is 1. The summed E-state index contributed by atoms with van der Waals surface area (Å²) in [5.41, 5.74) is 8.49. The Morgan fingerprint density at radius 2 is 2.04 bits per heavy atom. The average molecular weight is 375 g/mol. The Bertz CT molecular complexity index is 558. The number of carbonyl (C=O) groups excluding carboxylic acids is 1. The lowest BCUT2D eigenvalue weighted by Gasteiger charge is -2.23. The third kappa shape index (κ3) is 10.2. The van der Waals surface area contributed by atoms with Crippen molar-refractivity contribution in [2.75, 3.05) is 0 Å². The zero-order valence-electron chi connectivity index (χ0n) is 15.5. The van der Waals surface area contributed by atoms with Gasteiger partial charge in [-0.2, -0.15) is 0 Å². The van der Waals surface area contributed by atoms with Crippen molar-refractivity contribution in [1.29, 1.82) is 0 Å². The Morgan fingerprint density at radius 3 is 2.44 bits per heavy atom. The van der Waals surface area contributed by atoms with E-state index in [-0.39, 0.29) is 11.7 Å². The molecule has 6 heteroatoms. The second-order valence-electron chi connectivity index (χ2n) is 5.79. The fourth-order valence-electron chi connectivity index (χ4n) is 2.11. The lowest BCUT2D eigenvalue weighted by Crippen LogP contribution is -2.18. The molecule has 142 valence electrons. The number of alkyl halides is 2. The first-order valence-corrected chi connectivity index (χ1v) is 9.03. The molecule has 1 aromatic rings. The molecule has 2 N–H and O–H groups in total. The number of hydrogen-bond acceptors (Lipinski definition) is 3. The largest absolute Gasteiger partial charge is 0.402 e. The van der Waals surface area contributed by atoms with Gasteiger partial charge in [0, 0.05) is 17.8 Å². The number of pyridine rings is 1. The molecule has 0 spiro atoms. The molecule has 1 fully saturated rings. The number of aryl methyl sites for hydroxylation is 2. The van der Waals surface area contributed by atoms with Crippen LogP contribution in [0.25, 0.3) is 0 Å². The molecule has 0 aliphatic heterocycles. The molecule has 0 amide bonds. The van der Waals surface area contributed by atoms with Gasteiger partial charge in [-0.05, 0) is 62.8 Å². The molecule has 0 aromatic carbocycles. The molecule has 1 heterocycles. The maximum Gasteiger partial charge on any atom is 0.241 e. The van der Waals surface area contributed by atoms with Crippen LogP contribution >= 0.6 is 11.6 Å². The van der Waals surface area contributed by atoms with Crippen molar-refractivity contribution in [1.82, 2.24) is 4.98 Å². The summed E-state index contributed by atoms with van der Waals surface area (Å²) >= 11 is 5.81. The zero-order chi connectivity index (χ0) is 19.4. The third-order valence-corrected chi connectivity index (χ3v) is 3.97. The highest BCUT2D eigenvalue weighted by atomic mass is 35.5. The van der Waals surface area contributed by atoms with E-state index in [4.69, 9.17) is 17.3 Å². The van der Waals surface area contributed by atoms with Crippen LogP contribution in [-0.4, -0.2) is 17.2 Å². The molecular formula is C19H29ClF2N2O. The summed E-state index contributed by atoms with van der Waals surface area (Å²) in [5, 5.41) is 0.481. The number of carbonyl (C=O) groups is 1. The normalized spacial score (nSPS) is 14.0. The quantitative estimate of drug-likeness (QED) is 0.548. The number of ketones is 1. The Balaban J connectivity index is 0.000000530. The Hall–Kier alpha value is -1.49. The van der Waals surface area contributed by atoms with Gasteiger partial charge in [-0.3, -0.25) is 4.79 Å². The lowest BCUT2D eigenvalue weighted by atomic mass is 9.86. The van der Waals surface area contributed by atoms with Gasteiger partial charge in [-0.15, -0.1) is 0 Å². The van der Waals surface area contributed by atoms with Crippen LogP contribution in [-0.2, 0) is 11.2 Å². The molecule has 0 saturated heterocycles. The second kappa shape index (κ2) is 12.8. The van der Waals surface area contributed by atoms with Crippen molar-refractivity contribution in [3.63, 3.8) is 0 Å². The highest BCUT2D eigenvalue weighted by molar-refractivity contribution is 6.29. The van der Waals surface area contributed by atoms with E-state index >= 15 is 0 Å². The lowest BCUT2D eigenvalue weighted by molar-refractivity contribution is -0.112. The Labute approximate surface area is 154 Å². The van der Waals surface area contributed by atoms with Gasteiger partial charge in [0.1, 0.15) is 5.15 Å². The maximum absolute atomic E-state index is 11.5. The van der Waals surface area contributed by atoms with Crippen LogP contribution in [0.3, 0.4) is 0 Å². The van der Waals surface area contributed by atoms with Crippen LogP contribution < -0.4 is 5.73 Å². The molecule has 0 bridgehead atoms. The monoisotopic (exact) mass is 374 g/mol. The summed E-state index contributed by atoms with van der Waals surface area (Å²) in [6, 6.07) is 1.83. The first kappa shape index (κ1) is 23.5. The van der Waals surface area contributed by atoms with Crippen LogP contribution in [0.15, 0.2) is 24.0 Å². The highest BCUT2D eigenvalue weighted by Crippen LogP contribution is 2.31. The zero-order valence-corrected chi connectivity index (χ0v) is 16.2. The molecule has 2 rings (SSSR count). The van der Waals surface area contributed by atoms with Crippen molar-refractivity contribution < 1.29 is 13.6 Å². The van der Waals surface area contributed by atoms with Crippen LogP contribution in [0, 0.1) is 12.8 Å². The molecule has 3 nitrogen and oxygen atoms in total. The summed E-state index contributed by atoms with van der Waals surface area (Å²) in [6.45, 7) is 7.46. The van der Waals surface area contributed by atoms with Crippen molar-refractivity contribution in [2.24, 2.45) is 11.7 Å². The van der Waals surface area contributed by atoms with Crippen LogP contribution in [0.4, 0.5) is 8.78 Å². The van der Waals surface area contributed by atoms with E-state index in [0.29, 0.717) is 17.3 Å². The van der Waals surface area contributed by atoms with E-state index in [0.717, 1.165) is 36.8 Å². The van der Waals surface area contributed by atoms with Gasteiger partial charge >= 0.3 is 0 Å². The first-order chi connectivity index (χ1) is 11.8. The van der Waals surface area contributed by atoms with Gasteiger partial charge in [0.25, 0.3) is 0 Å². The average Bonchev–Trinajstić information content (AvgIpc) is 2.48. The standard InChI is InChI=1S/C12H15ClN2O.C5H8F2.C2H6/c1-8-7-15-12(13)6-10(8)3-4-11(14)5-9(2)16;6-5(7)4-2-1-3-4;1-2/h5-7H,3-4,14H2,1-2H3;4-5H,1-3H2;1-2H3/b11-5-;;. The first-order valence-electron chi connectivity index (χ1n) is 8.65. The van der Waals surface area contributed by atoms with Crippen molar-refractivity contribution >= 4 is 17.4 Å². The number of nitrogens with two attached hydrogens (primary N) is 1. The molecule has 0 atom stereocenters. The summed E-state index contributed by atoms with van der Waals surface area (Å²) in [6.07, 6.45) is 5.07. The summed E-state index contributed by atoms with van der Waals surface area (Å²) in [7, 11) is 0. The Kier molecular flexibility index (Phi) is 12.0. The minimum absolute atomic E-state index is 0.0259. The number of halogens is 3. The second-order valence-corrected chi connectivity index (χ2v) is 6.18. The number of aromatic nitrogens is 1. The maximum atomic E-state index is 11.5. The fraction of sp³-hybridized carbons (Fsp3) is 0.579. The van der Waals surface area contributed by atoms with Gasteiger partial charge < -0.3 is 5.73 Å². The Morgan fingerprint density at radius 1 is 1.44 bits per heavy atom. The molecule has 1 aliphatic rings. The van der Waals surface area contributed by atoms with E-state index in [1.54, 1.807) is 6.20 Å². The van der Waals surface area contributed by atoms with Gasteiger partial charge in [-0.25, -0.2) is 13.8 Å².